The predicted molar refractivity (Wildman–Crippen MR) is 102 cm³/mol. The number of carbonyl (C=O) groups is 2. The summed E-state index contributed by atoms with van der Waals surface area (Å²) in [5.41, 5.74) is 1.72. The molecule has 1 N–H and O–H groups in total. The summed E-state index contributed by atoms with van der Waals surface area (Å²) in [5, 5.41) is 9.60. The van der Waals surface area contributed by atoms with Gasteiger partial charge in [-0.2, -0.15) is 0 Å². The standard InChI is InChI=1S/C18H13NO4S2/c1-23-17(22)12-7-5-11(6-8-12)9-15-16(21)19(18(24)25-15)13-3-2-4-14(20)10-13/h2-10,20H,1H3/b15-9+. The van der Waals surface area contributed by atoms with E-state index in [9.17, 15) is 14.7 Å². The minimum atomic E-state index is -0.415. The number of nitrogens with zero attached hydrogens (tertiary/aromatic N) is 1. The Bertz CT molecular complexity index is 890. The summed E-state index contributed by atoms with van der Waals surface area (Å²) in [6.45, 7) is 0. The number of thioether (sulfide) groups is 1. The maximum atomic E-state index is 12.6. The van der Waals surface area contributed by atoms with E-state index in [1.807, 2.05) is 0 Å². The van der Waals surface area contributed by atoms with Gasteiger partial charge in [-0.1, -0.05) is 42.2 Å². The lowest BCUT2D eigenvalue weighted by Crippen LogP contribution is -2.27. The summed E-state index contributed by atoms with van der Waals surface area (Å²) >= 11 is 6.48. The molecule has 0 bridgehead atoms. The summed E-state index contributed by atoms with van der Waals surface area (Å²) < 4.78 is 5.05. The van der Waals surface area contributed by atoms with Crippen LogP contribution in [0.1, 0.15) is 15.9 Å². The third kappa shape index (κ3) is 3.57. The zero-order chi connectivity index (χ0) is 18.0. The second-order valence-corrected chi connectivity index (χ2v) is 6.83. The molecule has 0 spiro atoms. The first kappa shape index (κ1) is 17.2. The fraction of sp³-hybridized carbons (Fsp3) is 0.0556. The van der Waals surface area contributed by atoms with E-state index in [-0.39, 0.29) is 11.7 Å². The molecule has 5 nitrogen and oxygen atoms in total. The van der Waals surface area contributed by atoms with Crippen molar-refractivity contribution < 1.29 is 19.4 Å². The Morgan fingerprint density at radius 3 is 2.60 bits per heavy atom. The summed E-state index contributed by atoms with van der Waals surface area (Å²) in [6, 6.07) is 13.1. The number of hydrogen-bond acceptors (Lipinski definition) is 6. The normalized spacial score (nSPS) is 15.7. The Morgan fingerprint density at radius 2 is 1.96 bits per heavy atom. The topological polar surface area (TPSA) is 66.8 Å². The minimum Gasteiger partial charge on any atom is -0.508 e. The van der Waals surface area contributed by atoms with Crippen molar-refractivity contribution in [1.29, 1.82) is 0 Å². The highest BCUT2D eigenvalue weighted by Crippen LogP contribution is 2.36. The minimum absolute atomic E-state index is 0.0638. The van der Waals surface area contributed by atoms with E-state index < -0.39 is 5.97 Å². The van der Waals surface area contributed by atoms with E-state index in [0.29, 0.717) is 20.5 Å². The molecule has 0 atom stereocenters. The number of benzene rings is 2. The summed E-state index contributed by atoms with van der Waals surface area (Å²) in [7, 11) is 1.32. The first-order chi connectivity index (χ1) is 12.0. The molecule has 0 radical (unpaired) electrons. The van der Waals surface area contributed by atoms with Crippen LogP contribution in [0.5, 0.6) is 5.75 Å². The van der Waals surface area contributed by atoms with Gasteiger partial charge in [0, 0.05) is 6.07 Å². The van der Waals surface area contributed by atoms with Crippen LogP contribution in [0.25, 0.3) is 6.08 Å². The fourth-order valence-electron chi connectivity index (χ4n) is 2.31. The summed E-state index contributed by atoms with van der Waals surface area (Å²) in [4.78, 5) is 26.0. The van der Waals surface area contributed by atoms with Crippen LogP contribution in [0.4, 0.5) is 5.69 Å². The van der Waals surface area contributed by atoms with Crippen LogP contribution in [0.2, 0.25) is 0 Å². The molecule has 0 saturated carbocycles. The molecule has 126 valence electrons. The average molecular weight is 371 g/mol. The molecule has 0 aromatic heterocycles. The van der Waals surface area contributed by atoms with Crippen molar-refractivity contribution in [3.05, 3.63) is 64.6 Å². The number of esters is 1. The maximum Gasteiger partial charge on any atom is 0.337 e. The fourth-order valence-corrected chi connectivity index (χ4v) is 3.61. The van der Waals surface area contributed by atoms with Gasteiger partial charge in [-0.3, -0.25) is 9.69 Å². The van der Waals surface area contributed by atoms with Crippen LogP contribution < -0.4 is 4.90 Å². The maximum absolute atomic E-state index is 12.6. The van der Waals surface area contributed by atoms with Crippen molar-refractivity contribution in [2.45, 2.75) is 0 Å². The van der Waals surface area contributed by atoms with Gasteiger partial charge in [0.15, 0.2) is 4.32 Å². The molecular weight excluding hydrogens is 358 g/mol. The molecule has 1 aliphatic rings. The monoisotopic (exact) mass is 371 g/mol. The zero-order valence-electron chi connectivity index (χ0n) is 13.1. The number of hydrogen-bond donors (Lipinski definition) is 1. The second-order valence-electron chi connectivity index (χ2n) is 5.15. The average Bonchev–Trinajstić information content (AvgIpc) is 2.88. The molecule has 1 amide bonds. The highest BCUT2D eigenvalue weighted by atomic mass is 32.2. The lowest BCUT2D eigenvalue weighted by molar-refractivity contribution is -0.113. The highest BCUT2D eigenvalue weighted by Gasteiger charge is 2.33. The molecule has 0 unspecified atom stereocenters. The number of carbonyl (C=O) groups excluding carboxylic acids is 2. The molecular formula is C18H13NO4S2. The molecule has 7 heteroatoms. The highest BCUT2D eigenvalue weighted by molar-refractivity contribution is 8.27. The number of aromatic hydroxyl groups is 1. The first-order valence-corrected chi connectivity index (χ1v) is 8.47. The smallest absolute Gasteiger partial charge is 0.337 e. The SMILES string of the molecule is COC(=O)c1ccc(/C=C2/SC(=S)N(c3cccc(O)c3)C2=O)cc1. The van der Waals surface area contributed by atoms with Crippen molar-refractivity contribution in [2.24, 2.45) is 0 Å². The van der Waals surface area contributed by atoms with Gasteiger partial charge in [-0.15, -0.1) is 0 Å². The lowest BCUT2D eigenvalue weighted by Gasteiger charge is -2.14. The molecule has 1 heterocycles. The quantitative estimate of drug-likeness (QED) is 0.505. The van der Waals surface area contributed by atoms with Crippen LogP contribution in [-0.2, 0) is 9.53 Å². The van der Waals surface area contributed by atoms with Gasteiger partial charge in [0.1, 0.15) is 5.75 Å². The number of methoxy groups -OCH3 is 1. The van der Waals surface area contributed by atoms with Crippen molar-refractivity contribution in [3.8, 4) is 5.75 Å². The van der Waals surface area contributed by atoms with Gasteiger partial charge >= 0.3 is 5.97 Å². The van der Waals surface area contributed by atoms with Crippen LogP contribution in [0.15, 0.2) is 53.4 Å². The van der Waals surface area contributed by atoms with Crippen LogP contribution in [0, 0.1) is 0 Å². The Balaban J connectivity index is 1.86. The Morgan fingerprint density at radius 1 is 1.24 bits per heavy atom. The van der Waals surface area contributed by atoms with Gasteiger partial charge in [0.05, 0.1) is 23.3 Å². The first-order valence-electron chi connectivity index (χ1n) is 7.25. The van der Waals surface area contributed by atoms with Crippen LogP contribution in [0.3, 0.4) is 0 Å². The molecule has 1 aliphatic heterocycles. The Labute approximate surface area is 153 Å². The van der Waals surface area contributed by atoms with Crippen molar-refractivity contribution in [2.75, 3.05) is 12.0 Å². The van der Waals surface area contributed by atoms with Crippen LogP contribution in [-0.4, -0.2) is 28.4 Å². The van der Waals surface area contributed by atoms with Gasteiger partial charge in [0.2, 0.25) is 0 Å². The number of thiocarbonyl (C=S) groups is 1. The lowest BCUT2D eigenvalue weighted by atomic mass is 10.1. The van der Waals surface area contributed by atoms with E-state index in [1.165, 1.54) is 35.9 Å². The van der Waals surface area contributed by atoms with E-state index in [0.717, 1.165) is 5.56 Å². The van der Waals surface area contributed by atoms with Gasteiger partial charge in [-0.05, 0) is 35.9 Å². The molecule has 3 rings (SSSR count). The largest absolute Gasteiger partial charge is 0.508 e. The Hall–Kier alpha value is -2.64. The van der Waals surface area contributed by atoms with E-state index in [2.05, 4.69) is 4.74 Å². The zero-order valence-corrected chi connectivity index (χ0v) is 14.8. The van der Waals surface area contributed by atoms with Crippen LogP contribution >= 0.6 is 24.0 Å². The Kier molecular flexibility index (Phi) is 4.87. The van der Waals surface area contributed by atoms with E-state index in [1.54, 1.807) is 42.5 Å². The molecule has 2 aromatic carbocycles. The number of anilines is 1. The molecule has 2 aromatic rings. The molecule has 1 fully saturated rings. The van der Waals surface area contributed by atoms with Crippen molar-refractivity contribution in [3.63, 3.8) is 0 Å². The third-order valence-electron chi connectivity index (χ3n) is 3.51. The number of rotatable bonds is 3. The summed E-state index contributed by atoms with van der Waals surface area (Å²) in [6.07, 6.45) is 1.71. The van der Waals surface area contributed by atoms with E-state index >= 15 is 0 Å². The number of phenols is 1. The molecule has 0 aliphatic carbocycles. The van der Waals surface area contributed by atoms with Crippen molar-refractivity contribution in [1.82, 2.24) is 0 Å². The van der Waals surface area contributed by atoms with E-state index in [4.69, 9.17) is 12.2 Å². The number of phenolic OH excluding ortho intramolecular Hbond substituents is 1. The number of ether oxygens (including phenoxy) is 1. The summed E-state index contributed by atoms with van der Waals surface area (Å²) in [5.74, 6) is -0.603. The van der Waals surface area contributed by atoms with Gasteiger partial charge < -0.3 is 9.84 Å². The predicted octanol–water partition coefficient (Wildman–Crippen LogP) is 3.58. The number of amides is 1. The van der Waals surface area contributed by atoms with Gasteiger partial charge in [-0.25, -0.2) is 4.79 Å². The van der Waals surface area contributed by atoms with Gasteiger partial charge in [0.25, 0.3) is 5.91 Å². The third-order valence-corrected chi connectivity index (χ3v) is 4.81. The molecule has 25 heavy (non-hydrogen) atoms. The molecule has 1 saturated heterocycles. The second kappa shape index (κ2) is 7.08. The van der Waals surface area contributed by atoms with Crippen molar-refractivity contribution >= 4 is 51.9 Å².